The van der Waals surface area contributed by atoms with Gasteiger partial charge < -0.3 is 29.3 Å². The van der Waals surface area contributed by atoms with Gasteiger partial charge in [0.25, 0.3) is 5.91 Å². The van der Waals surface area contributed by atoms with Crippen LogP contribution >= 0.6 is 0 Å². The number of hydrogen-bond acceptors (Lipinski definition) is 8. The lowest BCUT2D eigenvalue weighted by molar-refractivity contribution is -0.180. The number of nitrogens with one attached hydrogen (secondary N) is 1. The Balaban J connectivity index is 1.80. The average molecular weight is 379 g/mol. The summed E-state index contributed by atoms with van der Waals surface area (Å²) in [6, 6.07) is -0.288. The number of fused-ring (bicyclic) bond motifs is 1. The monoisotopic (exact) mass is 379 g/mol. The molecule has 2 aliphatic heterocycles. The minimum Gasteiger partial charge on any atom is -0.479 e. The number of nitrogens with zero attached hydrogens (tertiary/aromatic N) is 2. The molecule has 2 aliphatic rings. The van der Waals surface area contributed by atoms with Crippen molar-refractivity contribution in [3.63, 3.8) is 0 Å². The summed E-state index contributed by atoms with van der Waals surface area (Å²) in [5, 5.41) is 15.4. The molecule has 1 aromatic rings. The Morgan fingerprint density at radius 1 is 1.37 bits per heavy atom. The van der Waals surface area contributed by atoms with E-state index in [1.165, 1.54) is 26.5 Å². The van der Waals surface area contributed by atoms with Gasteiger partial charge in [-0.2, -0.15) is 0 Å². The van der Waals surface area contributed by atoms with E-state index in [2.05, 4.69) is 15.3 Å². The molecule has 11 nitrogen and oxygen atoms in total. The number of carbonyl (C=O) groups excluding carboxylic acids is 3. The molecule has 27 heavy (non-hydrogen) atoms. The number of carbonyl (C=O) groups is 4. The summed E-state index contributed by atoms with van der Waals surface area (Å²) in [6.45, 7) is 0. The van der Waals surface area contributed by atoms with Gasteiger partial charge in [-0.1, -0.05) is 5.16 Å². The van der Waals surface area contributed by atoms with E-state index in [9.17, 15) is 24.3 Å². The Bertz CT molecular complexity index is 803. The minimum atomic E-state index is -1.63. The number of hydrogen-bond donors (Lipinski definition) is 2. The number of β-lactam (4-membered cyclic amide) rings is 1. The second-order valence-corrected chi connectivity index (χ2v) is 5.97. The average Bonchev–Trinajstić information content (AvgIpc) is 3.17. The summed E-state index contributed by atoms with van der Waals surface area (Å²) in [7, 11) is 2.53. The first-order chi connectivity index (χ1) is 12.9. The Morgan fingerprint density at radius 2 is 2.11 bits per heavy atom. The van der Waals surface area contributed by atoms with Gasteiger partial charge >= 0.3 is 5.97 Å². The molecule has 3 heterocycles. The molecule has 0 unspecified atom stereocenters. The maximum Gasteiger partial charge on any atom is 0.334 e. The highest BCUT2D eigenvalue weighted by molar-refractivity contribution is 6.44. The van der Waals surface area contributed by atoms with Crippen molar-refractivity contribution in [1.82, 2.24) is 10.2 Å². The molecule has 0 aromatic carbocycles. The Labute approximate surface area is 152 Å². The van der Waals surface area contributed by atoms with Crippen molar-refractivity contribution in [1.29, 1.82) is 0 Å². The zero-order valence-electron chi connectivity index (χ0n) is 14.4. The SMILES string of the molecule is CON=C(C(=O)N[C@@H]1C(=O)N2[C@@H](C(=O)O)C(=O)[C@H](OC)C[C@@H]12)c1ccco1. The number of rotatable bonds is 6. The summed E-state index contributed by atoms with van der Waals surface area (Å²) in [6.07, 6.45) is 0.446. The molecular formula is C16H17N3O8. The van der Waals surface area contributed by atoms with Crippen molar-refractivity contribution in [2.24, 2.45) is 5.16 Å². The largest absolute Gasteiger partial charge is 0.479 e. The maximum atomic E-state index is 12.5. The van der Waals surface area contributed by atoms with Gasteiger partial charge in [0.15, 0.2) is 17.6 Å². The third-order valence-electron chi connectivity index (χ3n) is 4.54. The lowest BCUT2D eigenvalue weighted by atomic mass is 9.80. The van der Waals surface area contributed by atoms with Crippen LogP contribution in [0.3, 0.4) is 0 Å². The van der Waals surface area contributed by atoms with Crippen LogP contribution in [0, 0.1) is 0 Å². The van der Waals surface area contributed by atoms with E-state index in [4.69, 9.17) is 9.15 Å². The number of carboxylic acid groups (broad SMARTS) is 1. The van der Waals surface area contributed by atoms with Crippen molar-refractivity contribution in [2.75, 3.05) is 14.2 Å². The minimum absolute atomic E-state index is 0.0767. The Hall–Kier alpha value is -3.21. The highest BCUT2D eigenvalue weighted by Gasteiger charge is 2.60. The van der Waals surface area contributed by atoms with Crippen molar-refractivity contribution in [2.45, 2.75) is 30.7 Å². The summed E-state index contributed by atoms with van der Waals surface area (Å²) in [4.78, 5) is 54.1. The van der Waals surface area contributed by atoms with Gasteiger partial charge in [-0.25, -0.2) is 4.79 Å². The van der Waals surface area contributed by atoms with Crippen molar-refractivity contribution >= 4 is 29.3 Å². The zero-order valence-corrected chi connectivity index (χ0v) is 14.4. The van der Waals surface area contributed by atoms with Gasteiger partial charge in [-0.3, -0.25) is 14.4 Å². The number of oxime groups is 1. The third-order valence-corrected chi connectivity index (χ3v) is 4.54. The zero-order chi connectivity index (χ0) is 19.7. The van der Waals surface area contributed by atoms with Gasteiger partial charge in [0.1, 0.15) is 19.3 Å². The van der Waals surface area contributed by atoms with Crippen LogP contribution < -0.4 is 5.32 Å². The predicted octanol–water partition coefficient (Wildman–Crippen LogP) is -1.23. The molecule has 0 radical (unpaired) electrons. The highest BCUT2D eigenvalue weighted by Crippen LogP contribution is 2.33. The summed E-state index contributed by atoms with van der Waals surface area (Å²) < 4.78 is 10.2. The molecule has 1 aromatic heterocycles. The van der Waals surface area contributed by atoms with Gasteiger partial charge in [-0.05, 0) is 12.1 Å². The normalized spacial score (nSPS) is 27.6. The quantitative estimate of drug-likeness (QED) is 0.270. The topological polar surface area (TPSA) is 148 Å². The fourth-order valence-electron chi connectivity index (χ4n) is 3.31. The highest BCUT2D eigenvalue weighted by atomic mass is 16.6. The Morgan fingerprint density at radius 3 is 2.67 bits per heavy atom. The van der Waals surface area contributed by atoms with Crippen LogP contribution in [0.1, 0.15) is 12.2 Å². The van der Waals surface area contributed by atoms with E-state index in [1.807, 2.05) is 0 Å². The van der Waals surface area contributed by atoms with Crippen LogP contribution in [0.15, 0.2) is 28.0 Å². The second-order valence-electron chi connectivity index (χ2n) is 5.97. The first-order valence-electron chi connectivity index (χ1n) is 7.98. The first kappa shape index (κ1) is 18.6. The molecule has 144 valence electrons. The lowest BCUT2D eigenvalue weighted by Gasteiger charge is -2.53. The molecule has 0 aliphatic carbocycles. The van der Waals surface area contributed by atoms with E-state index < -0.39 is 47.8 Å². The van der Waals surface area contributed by atoms with Crippen LogP contribution in [0.5, 0.6) is 0 Å². The van der Waals surface area contributed by atoms with E-state index in [0.717, 1.165) is 4.90 Å². The molecule has 4 atom stereocenters. The summed E-state index contributed by atoms with van der Waals surface area (Å²) >= 11 is 0. The Kier molecular flexibility index (Phi) is 4.95. The van der Waals surface area contributed by atoms with Gasteiger partial charge in [0.05, 0.1) is 12.3 Å². The summed E-state index contributed by atoms with van der Waals surface area (Å²) in [5.41, 5.74) is -0.182. The summed E-state index contributed by atoms with van der Waals surface area (Å²) in [5.74, 6) is -3.41. The number of Topliss-reactive ketones (excluding diaryl/α,β-unsaturated/α-hetero) is 1. The molecule has 0 spiro atoms. The van der Waals surface area contributed by atoms with Crippen molar-refractivity contribution in [3.8, 4) is 0 Å². The van der Waals surface area contributed by atoms with Gasteiger partial charge in [0.2, 0.25) is 11.6 Å². The molecule has 3 rings (SSSR count). The molecular weight excluding hydrogens is 362 g/mol. The number of amides is 2. The smallest absolute Gasteiger partial charge is 0.334 e. The van der Waals surface area contributed by atoms with Gasteiger partial charge in [0, 0.05) is 13.5 Å². The van der Waals surface area contributed by atoms with Crippen LogP contribution in [-0.2, 0) is 28.8 Å². The molecule has 2 fully saturated rings. The van der Waals surface area contributed by atoms with Gasteiger partial charge in [-0.15, -0.1) is 0 Å². The number of piperidine rings is 1. The molecule has 11 heteroatoms. The fraction of sp³-hybridized carbons (Fsp3) is 0.438. The molecule has 2 amide bonds. The maximum absolute atomic E-state index is 12.5. The molecule has 2 N–H and O–H groups in total. The number of ketones is 1. The van der Waals surface area contributed by atoms with Crippen LogP contribution in [0.4, 0.5) is 0 Å². The standard InChI is InChI=1S/C16H17N3O8/c1-25-9-6-7-10(15(22)19(7)12(13(9)20)16(23)24)17-14(21)11(18-26-2)8-4-3-5-27-8/h3-5,7,9-10,12H,6H2,1-2H3,(H,17,21)(H,23,24)/t7-,9+,10-,12+/m0/s1. The molecule has 0 saturated carbocycles. The van der Waals surface area contributed by atoms with Crippen LogP contribution in [0.25, 0.3) is 0 Å². The van der Waals surface area contributed by atoms with E-state index in [1.54, 1.807) is 6.07 Å². The van der Waals surface area contributed by atoms with E-state index in [-0.39, 0.29) is 17.9 Å². The number of carboxylic acids is 1. The van der Waals surface area contributed by atoms with Crippen LogP contribution in [0.2, 0.25) is 0 Å². The lowest BCUT2D eigenvalue weighted by Crippen LogP contribution is -2.79. The predicted molar refractivity (Wildman–Crippen MR) is 86.7 cm³/mol. The second kappa shape index (κ2) is 7.19. The van der Waals surface area contributed by atoms with Crippen molar-refractivity contribution in [3.05, 3.63) is 24.2 Å². The first-order valence-corrected chi connectivity index (χ1v) is 7.98. The van der Waals surface area contributed by atoms with Crippen LogP contribution in [-0.4, -0.2) is 77.7 Å². The fourth-order valence-corrected chi connectivity index (χ4v) is 3.31. The number of aliphatic carboxylic acids is 1. The molecule has 0 bridgehead atoms. The van der Waals surface area contributed by atoms with Crippen molar-refractivity contribution < 1.29 is 38.3 Å². The molecule has 2 saturated heterocycles. The van der Waals surface area contributed by atoms with E-state index in [0.29, 0.717) is 0 Å². The van der Waals surface area contributed by atoms with E-state index >= 15 is 0 Å². The number of ether oxygens (including phenoxy) is 1. The number of furan rings is 1. The number of methoxy groups -OCH3 is 1. The third kappa shape index (κ3) is 3.05.